The number of nitrogens with one attached hydrogen (secondary N) is 1. The van der Waals surface area contributed by atoms with Gasteiger partial charge in [0.05, 0.1) is 18.0 Å². The highest BCUT2D eigenvalue weighted by molar-refractivity contribution is 7.98. The Labute approximate surface area is 183 Å². The molecule has 1 aliphatic rings. The maximum Gasteiger partial charge on any atom is 0.243 e. The minimum atomic E-state index is -3.54. The van der Waals surface area contributed by atoms with Crippen LogP contribution in [0.1, 0.15) is 31.4 Å². The van der Waals surface area contributed by atoms with E-state index in [1.807, 2.05) is 49.6 Å². The smallest absolute Gasteiger partial charge is 0.243 e. The number of hydrogen-bond acceptors (Lipinski definition) is 5. The Morgan fingerprint density at radius 2 is 1.77 bits per heavy atom. The molecule has 1 atom stereocenters. The number of para-hydroxylation sites is 1. The molecule has 1 heterocycles. The molecule has 0 radical (unpaired) electrons. The van der Waals surface area contributed by atoms with Crippen LogP contribution in [-0.2, 0) is 14.8 Å². The van der Waals surface area contributed by atoms with Gasteiger partial charge in [-0.25, -0.2) is 8.42 Å². The summed E-state index contributed by atoms with van der Waals surface area (Å²) in [6.45, 7) is 2.61. The van der Waals surface area contributed by atoms with Gasteiger partial charge in [0.15, 0.2) is 0 Å². The second-order valence-electron chi connectivity index (χ2n) is 7.33. The van der Waals surface area contributed by atoms with Crippen LogP contribution in [-0.4, -0.2) is 45.1 Å². The highest BCUT2D eigenvalue weighted by Crippen LogP contribution is 2.28. The first kappa shape index (κ1) is 22.7. The van der Waals surface area contributed by atoms with Gasteiger partial charge >= 0.3 is 0 Å². The predicted octanol–water partition coefficient (Wildman–Crippen LogP) is 3.70. The molecule has 30 heavy (non-hydrogen) atoms. The lowest BCUT2D eigenvalue weighted by Gasteiger charge is -2.31. The van der Waals surface area contributed by atoms with Crippen molar-refractivity contribution in [3.05, 3.63) is 54.1 Å². The Morgan fingerprint density at radius 3 is 2.37 bits per heavy atom. The molecule has 1 fully saturated rings. The second kappa shape index (κ2) is 9.85. The van der Waals surface area contributed by atoms with Gasteiger partial charge in [0.1, 0.15) is 5.75 Å². The van der Waals surface area contributed by atoms with Gasteiger partial charge in [-0.2, -0.15) is 4.31 Å². The fourth-order valence-electron chi connectivity index (χ4n) is 3.69. The van der Waals surface area contributed by atoms with Crippen molar-refractivity contribution in [2.75, 3.05) is 26.5 Å². The Morgan fingerprint density at radius 1 is 1.13 bits per heavy atom. The molecular weight excluding hydrogens is 420 g/mol. The molecule has 0 saturated carbocycles. The number of methoxy groups -OCH3 is 1. The van der Waals surface area contributed by atoms with Gasteiger partial charge in [0, 0.05) is 29.5 Å². The molecule has 0 aliphatic carbocycles. The third-order valence-corrected chi connectivity index (χ3v) is 8.14. The summed E-state index contributed by atoms with van der Waals surface area (Å²) in [6.07, 6.45) is 2.97. The van der Waals surface area contributed by atoms with E-state index in [0.717, 1.165) is 16.2 Å². The Kier molecular flexibility index (Phi) is 7.44. The molecule has 3 rings (SSSR count). The molecule has 0 aromatic heterocycles. The number of rotatable bonds is 7. The summed E-state index contributed by atoms with van der Waals surface area (Å²) in [4.78, 5) is 14.1. The summed E-state index contributed by atoms with van der Waals surface area (Å²) in [5.74, 6) is 0.487. The van der Waals surface area contributed by atoms with E-state index in [1.165, 1.54) is 4.31 Å². The molecule has 1 unspecified atom stereocenters. The molecule has 1 aliphatic heterocycles. The molecular formula is C22H28N2O4S2. The van der Waals surface area contributed by atoms with Gasteiger partial charge in [-0.1, -0.05) is 18.2 Å². The van der Waals surface area contributed by atoms with E-state index in [-0.39, 0.29) is 17.9 Å². The van der Waals surface area contributed by atoms with Crippen molar-refractivity contribution in [1.82, 2.24) is 9.62 Å². The van der Waals surface area contributed by atoms with E-state index in [1.54, 1.807) is 31.0 Å². The lowest BCUT2D eigenvalue weighted by Crippen LogP contribution is -2.43. The molecule has 8 heteroatoms. The number of nitrogens with zero attached hydrogens (tertiary/aromatic N) is 1. The third kappa shape index (κ3) is 4.99. The van der Waals surface area contributed by atoms with Crippen molar-refractivity contribution < 1.29 is 17.9 Å². The fraction of sp³-hybridized carbons (Fsp3) is 0.409. The number of benzene rings is 2. The van der Waals surface area contributed by atoms with Crippen LogP contribution in [0.4, 0.5) is 0 Å². The van der Waals surface area contributed by atoms with Crippen LogP contribution in [0.2, 0.25) is 0 Å². The maximum atomic E-state index is 12.9. The molecule has 162 valence electrons. The highest BCUT2D eigenvalue weighted by Gasteiger charge is 2.32. The first-order chi connectivity index (χ1) is 14.4. The summed E-state index contributed by atoms with van der Waals surface area (Å²) in [7, 11) is -1.93. The van der Waals surface area contributed by atoms with Gasteiger partial charge in [-0.15, -0.1) is 11.8 Å². The number of hydrogen-bond donors (Lipinski definition) is 1. The SMILES string of the molecule is COc1ccccc1C(C)NC(=O)C1CCN(S(=O)(=O)c2ccc(SC)cc2)CC1. The molecule has 6 nitrogen and oxygen atoms in total. The van der Waals surface area contributed by atoms with Crippen LogP contribution in [0, 0.1) is 5.92 Å². The highest BCUT2D eigenvalue weighted by atomic mass is 32.2. The van der Waals surface area contributed by atoms with E-state index in [2.05, 4.69) is 5.32 Å². The number of carbonyl (C=O) groups excluding carboxylic acids is 1. The van der Waals surface area contributed by atoms with Gasteiger partial charge in [-0.3, -0.25) is 4.79 Å². The minimum absolute atomic E-state index is 0.0465. The molecule has 1 saturated heterocycles. The monoisotopic (exact) mass is 448 g/mol. The summed E-state index contributed by atoms with van der Waals surface area (Å²) >= 11 is 1.57. The zero-order valence-corrected chi connectivity index (χ0v) is 19.1. The van der Waals surface area contributed by atoms with Gasteiger partial charge < -0.3 is 10.1 Å². The normalized spacial score (nSPS) is 16.8. The van der Waals surface area contributed by atoms with Crippen molar-refractivity contribution in [3.63, 3.8) is 0 Å². The van der Waals surface area contributed by atoms with E-state index in [4.69, 9.17) is 4.74 Å². The van der Waals surface area contributed by atoms with Crippen LogP contribution in [0.5, 0.6) is 5.75 Å². The summed E-state index contributed by atoms with van der Waals surface area (Å²) in [6, 6.07) is 14.3. The van der Waals surface area contributed by atoms with Crippen molar-refractivity contribution in [2.45, 2.75) is 35.6 Å². The average molecular weight is 449 g/mol. The van der Waals surface area contributed by atoms with Crippen LogP contribution in [0.25, 0.3) is 0 Å². The fourth-order valence-corrected chi connectivity index (χ4v) is 5.57. The molecule has 2 aromatic carbocycles. The van der Waals surface area contributed by atoms with Crippen molar-refractivity contribution >= 4 is 27.7 Å². The first-order valence-electron chi connectivity index (χ1n) is 9.94. The molecule has 0 bridgehead atoms. The van der Waals surface area contributed by atoms with Crippen LogP contribution in [0.15, 0.2) is 58.3 Å². The predicted molar refractivity (Wildman–Crippen MR) is 119 cm³/mol. The minimum Gasteiger partial charge on any atom is -0.496 e. The summed E-state index contributed by atoms with van der Waals surface area (Å²) in [5, 5.41) is 3.05. The van der Waals surface area contributed by atoms with Crippen molar-refractivity contribution in [2.24, 2.45) is 5.92 Å². The maximum absolute atomic E-state index is 12.9. The third-order valence-electron chi connectivity index (χ3n) is 5.49. The Hall–Kier alpha value is -2.03. The van der Waals surface area contributed by atoms with Gasteiger partial charge in [-0.05, 0) is 56.4 Å². The topological polar surface area (TPSA) is 75.7 Å². The Bertz CT molecular complexity index is 969. The molecule has 1 N–H and O–H groups in total. The number of amides is 1. The lowest BCUT2D eigenvalue weighted by molar-refractivity contribution is -0.126. The van der Waals surface area contributed by atoms with Gasteiger partial charge in [0.2, 0.25) is 15.9 Å². The van der Waals surface area contributed by atoms with Crippen LogP contribution < -0.4 is 10.1 Å². The van der Waals surface area contributed by atoms with Crippen molar-refractivity contribution in [3.8, 4) is 5.75 Å². The van der Waals surface area contributed by atoms with Crippen molar-refractivity contribution in [1.29, 1.82) is 0 Å². The molecule has 1 amide bonds. The van der Waals surface area contributed by atoms with Crippen LogP contribution >= 0.6 is 11.8 Å². The zero-order chi connectivity index (χ0) is 21.7. The lowest BCUT2D eigenvalue weighted by atomic mass is 9.96. The number of ether oxygens (including phenoxy) is 1. The average Bonchev–Trinajstić information content (AvgIpc) is 2.79. The second-order valence-corrected chi connectivity index (χ2v) is 10.1. The number of carbonyl (C=O) groups is 1. The first-order valence-corrected chi connectivity index (χ1v) is 12.6. The Balaban J connectivity index is 1.59. The van der Waals surface area contributed by atoms with Gasteiger partial charge in [0.25, 0.3) is 0 Å². The van der Waals surface area contributed by atoms with E-state index in [9.17, 15) is 13.2 Å². The van der Waals surface area contributed by atoms with E-state index >= 15 is 0 Å². The quantitative estimate of drug-likeness (QED) is 0.654. The standard InChI is InChI=1S/C22H28N2O4S2/c1-16(20-6-4-5-7-21(20)28-2)23-22(25)17-12-14-24(15-13-17)30(26,27)19-10-8-18(29-3)9-11-19/h4-11,16-17H,12-15H2,1-3H3,(H,23,25). The largest absolute Gasteiger partial charge is 0.496 e. The van der Waals surface area contributed by atoms with E-state index < -0.39 is 10.0 Å². The summed E-state index contributed by atoms with van der Waals surface area (Å²) in [5.41, 5.74) is 0.919. The number of sulfonamides is 1. The molecule has 2 aromatic rings. The summed E-state index contributed by atoms with van der Waals surface area (Å²) < 4.78 is 32.7. The van der Waals surface area contributed by atoms with E-state index in [0.29, 0.717) is 30.8 Å². The zero-order valence-electron chi connectivity index (χ0n) is 17.5. The number of thioether (sulfide) groups is 1. The number of piperidine rings is 1. The molecule has 0 spiro atoms. The van der Waals surface area contributed by atoms with Crippen LogP contribution in [0.3, 0.4) is 0 Å².